The molecule has 40 heavy (non-hydrogen) atoms. The third-order valence-electron chi connectivity index (χ3n) is 7.53. The first kappa shape index (κ1) is 27.8. The maximum Gasteiger partial charge on any atom is 0.252 e. The summed E-state index contributed by atoms with van der Waals surface area (Å²) in [7, 11) is 1.42. The van der Waals surface area contributed by atoms with Gasteiger partial charge < -0.3 is 34.6 Å². The van der Waals surface area contributed by atoms with Crippen LogP contribution in [0.1, 0.15) is 40.2 Å². The first-order chi connectivity index (χ1) is 19.4. The zero-order chi connectivity index (χ0) is 28.4. The fourth-order valence-corrected chi connectivity index (χ4v) is 5.63. The van der Waals surface area contributed by atoms with Crippen molar-refractivity contribution in [1.82, 2.24) is 10.2 Å². The van der Waals surface area contributed by atoms with E-state index in [1.54, 1.807) is 18.2 Å². The van der Waals surface area contributed by atoms with E-state index in [1.807, 2.05) is 0 Å². The molecule has 2 aliphatic heterocycles. The highest BCUT2D eigenvalue weighted by Gasteiger charge is 2.52. The van der Waals surface area contributed by atoms with Crippen molar-refractivity contribution in [2.24, 2.45) is 0 Å². The Balaban J connectivity index is 1.60. The van der Waals surface area contributed by atoms with Gasteiger partial charge in [0.05, 0.1) is 25.7 Å². The van der Waals surface area contributed by atoms with Crippen LogP contribution >= 0.6 is 0 Å². The molecule has 3 aliphatic rings. The fourth-order valence-electron chi connectivity index (χ4n) is 5.63. The molecule has 10 nitrogen and oxygen atoms in total. The van der Waals surface area contributed by atoms with Gasteiger partial charge in [0, 0.05) is 36.4 Å². The summed E-state index contributed by atoms with van der Waals surface area (Å²) in [5, 5.41) is 23.7. The van der Waals surface area contributed by atoms with Gasteiger partial charge in [0.25, 0.3) is 5.91 Å². The molecule has 2 aromatic rings. The highest BCUT2D eigenvalue weighted by molar-refractivity contribution is 5.96. The van der Waals surface area contributed by atoms with Gasteiger partial charge in [0.15, 0.2) is 11.5 Å². The van der Waals surface area contributed by atoms with Crippen LogP contribution in [0.3, 0.4) is 0 Å². The Bertz CT molecular complexity index is 1310. The Morgan fingerprint density at radius 1 is 1.25 bits per heavy atom. The van der Waals surface area contributed by atoms with Crippen molar-refractivity contribution >= 4 is 18.1 Å². The van der Waals surface area contributed by atoms with Crippen molar-refractivity contribution in [1.29, 1.82) is 0 Å². The first-order valence-electron chi connectivity index (χ1n) is 13.2. The van der Waals surface area contributed by atoms with Crippen molar-refractivity contribution < 1.29 is 43.2 Å². The molecular weight excluding hydrogens is 523 g/mol. The highest BCUT2D eigenvalue weighted by Crippen LogP contribution is 2.51. The van der Waals surface area contributed by atoms with Gasteiger partial charge in [-0.15, -0.1) is 0 Å². The largest absolute Gasteiger partial charge is 0.493 e. The quantitative estimate of drug-likeness (QED) is 0.397. The lowest BCUT2D eigenvalue weighted by Crippen LogP contribution is -2.57. The number of methoxy groups -OCH3 is 1. The first-order valence-corrected chi connectivity index (χ1v) is 13.2. The molecular formula is C29H31FN2O8. The topological polar surface area (TPSA) is 135 Å². The molecule has 1 fully saturated rings. The number of aliphatic hydroxyl groups excluding tert-OH is 2. The Morgan fingerprint density at radius 2 is 2.02 bits per heavy atom. The number of halogens is 1. The van der Waals surface area contributed by atoms with Crippen LogP contribution in [0.4, 0.5) is 4.39 Å². The molecule has 212 valence electrons. The molecule has 3 N–H and O–H groups in total. The Morgan fingerprint density at radius 3 is 2.67 bits per heavy atom. The summed E-state index contributed by atoms with van der Waals surface area (Å²) in [6.07, 6.45) is 0.397. The van der Waals surface area contributed by atoms with Gasteiger partial charge in [-0.3, -0.25) is 14.4 Å². The molecule has 2 aromatic carbocycles. The number of amides is 2. The number of hydrogen-bond acceptors (Lipinski definition) is 8. The number of carbonyl (C=O) groups excluding carboxylic acids is 3. The lowest BCUT2D eigenvalue weighted by Gasteiger charge is -2.41. The molecule has 5 rings (SSSR count). The summed E-state index contributed by atoms with van der Waals surface area (Å²) in [5.74, 6) is -1.53. The van der Waals surface area contributed by atoms with Crippen LogP contribution < -0.4 is 14.8 Å². The fraction of sp³-hybridized carbons (Fsp3) is 0.414. The van der Waals surface area contributed by atoms with E-state index in [1.165, 1.54) is 36.3 Å². The van der Waals surface area contributed by atoms with Crippen LogP contribution in [0.15, 0.2) is 48.0 Å². The molecule has 0 saturated carbocycles. The lowest BCUT2D eigenvalue weighted by atomic mass is 9.77. The average molecular weight is 555 g/mol. The standard InChI is InChI=1S/C29H31FN2O8/c1-38-23-12-17(15-34)11-19-24-20(28(36)31-8-9-33)13-21(25(35)27(24)40-26(19)23)32(29(37)22-3-2-10-39-22)14-16-4-6-18(30)7-5-16/h4-7,11-13,15,21-22,24-25,27,33,35H,2-3,8-10,14H2,1H3,(H,31,36)/t21-,22?,24+,25+,27+/m1/s1. The summed E-state index contributed by atoms with van der Waals surface area (Å²) in [6.45, 7) is 0.149. The zero-order valence-electron chi connectivity index (χ0n) is 21.9. The molecule has 1 aliphatic carbocycles. The van der Waals surface area contributed by atoms with Crippen LogP contribution in [0.25, 0.3) is 0 Å². The molecule has 0 radical (unpaired) electrons. The summed E-state index contributed by atoms with van der Waals surface area (Å²) >= 11 is 0. The Hall–Kier alpha value is -3.80. The van der Waals surface area contributed by atoms with E-state index in [0.717, 1.165) is 0 Å². The molecule has 2 amide bonds. The van der Waals surface area contributed by atoms with E-state index in [-0.39, 0.29) is 36.9 Å². The van der Waals surface area contributed by atoms with Gasteiger partial charge in [-0.05, 0) is 48.7 Å². The van der Waals surface area contributed by atoms with Gasteiger partial charge in [-0.2, -0.15) is 0 Å². The van der Waals surface area contributed by atoms with E-state index < -0.39 is 42.0 Å². The van der Waals surface area contributed by atoms with Gasteiger partial charge in [0.1, 0.15) is 30.4 Å². The zero-order valence-corrected chi connectivity index (χ0v) is 21.9. The molecule has 1 unspecified atom stereocenters. The monoisotopic (exact) mass is 554 g/mol. The molecule has 1 saturated heterocycles. The van der Waals surface area contributed by atoms with Crippen molar-refractivity contribution in [3.8, 4) is 11.5 Å². The maximum absolute atomic E-state index is 13.8. The number of rotatable bonds is 9. The predicted octanol–water partition coefficient (Wildman–Crippen LogP) is 1.48. The number of ether oxygens (including phenoxy) is 3. The second-order valence-electron chi connectivity index (χ2n) is 10.00. The van der Waals surface area contributed by atoms with Crippen molar-refractivity contribution in [3.05, 3.63) is 70.6 Å². The second kappa shape index (κ2) is 11.7. The van der Waals surface area contributed by atoms with Gasteiger partial charge in [0.2, 0.25) is 5.91 Å². The van der Waals surface area contributed by atoms with E-state index in [2.05, 4.69) is 5.32 Å². The molecule has 0 spiro atoms. The molecule has 5 atom stereocenters. The molecule has 2 heterocycles. The highest BCUT2D eigenvalue weighted by atomic mass is 19.1. The van der Waals surface area contributed by atoms with E-state index in [9.17, 15) is 29.0 Å². The second-order valence-corrected chi connectivity index (χ2v) is 10.00. The minimum atomic E-state index is -1.29. The van der Waals surface area contributed by atoms with Crippen LogP contribution in [-0.2, 0) is 20.9 Å². The Labute approximate surface area is 230 Å². The Kier molecular flexibility index (Phi) is 8.15. The van der Waals surface area contributed by atoms with Crippen LogP contribution in [-0.4, -0.2) is 84.4 Å². The van der Waals surface area contributed by atoms with Gasteiger partial charge >= 0.3 is 0 Å². The third kappa shape index (κ3) is 5.19. The number of nitrogens with one attached hydrogen (secondary N) is 1. The number of hydrogen-bond donors (Lipinski definition) is 3. The van der Waals surface area contributed by atoms with Gasteiger partial charge in [-0.25, -0.2) is 4.39 Å². The normalized spacial score (nSPS) is 24.8. The number of fused-ring (bicyclic) bond motifs is 3. The van der Waals surface area contributed by atoms with Gasteiger partial charge in [-0.1, -0.05) is 12.1 Å². The number of aldehydes is 1. The summed E-state index contributed by atoms with van der Waals surface area (Å²) < 4.78 is 30.9. The summed E-state index contributed by atoms with van der Waals surface area (Å²) in [4.78, 5) is 40.3. The van der Waals surface area contributed by atoms with E-state index in [4.69, 9.17) is 14.2 Å². The number of aliphatic hydroxyl groups is 2. The average Bonchev–Trinajstić information content (AvgIpc) is 3.64. The SMILES string of the molecule is COc1cc(C=O)cc2c1O[C@@H]1[C@@H](O)[C@H](N(Cc3ccc(F)cc3)C(=O)C3CCCO3)C=C(C(=O)NCCO)[C@H]21. The van der Waals surface area contributed by atoms with Crippen LogP contribution in [0, 0.1) is 5.82 Å². The van der Waals surface area contributed by atoms with Crippen molar-refractivity contribution in [2.75, 3.05) is 26.9 Å². The molecule has 11 heteroatoms. The number of nitrogens with zero attached hydrogens (tertiary/aromatic N) is 1. The smallest absolute Gasteiger partial charge is 0.252 e. The van der Waals surface area contributed by atoms with E-state index in [0.29, 0.717) is 48.2 Å². The number of carbonyl (C=O) groups is 3. The van der Waals surface area contributed by atoms with Crippen molar-refractivity contribution in [3.63, 3.8) is 0 Å². The minimum absolute atomic E-state index is 0.0136. The van der Waals surface area contributed by atoms with Crippen LogP contribution in [0.2, 0.25) is 0 Å². The molecule has 0 aromatic heterocycles. The van der Waals surface area contributed by atoms with Crippen LogP contribution in [0.5, 0.6) is 11.5 Å². The lowest BCUT2D eigenvalue weighted by molar-refractivity contribution is -0.147. The predicted molar refractivity (Wildman–Crippen MR) is 139 cm³/mol. The maximum atomic E-state index is 13.8. The third-order valence-corrected chi connectivity index (χ3v) is 7.53. The molecule has 0 bridgehead atoms. The summed E-state index contributed by atoms with van der Waals surface area (Å²) in [5.41, 5.74) is 1.62. The minimum Gasteiger partial charge on any atom is -0.493 e. The number of benzene rings is 2. The summed E-state index contributed by atoms with van der Waals surface area (Å²) in [6, 6.07) is 7.76. The van der Waals surface area contributed by atoms with E-state index >= 15 is 0 Å². The van der Waals surface area contributed by atoms with Crippen molar-refractivity contribution in [2.45, 2.75) is 49.7 Å².